The fourth-order valence-corrected chi connectivity index (χ4v) is 5.91. The highest BCUT2D eigenvalue weighted by atomic mass is 16.1. The van der Waals surface area contributed by atoms with Crippen molar-refractivity contribution in [3.05, 3.63) is 90.6 Å². The van der Waals surface area contributed by atoms with Crippen LogP contribution >= 0.6 is 0 Å². The number of para-hydroxylation sites is 2. The molecule has 7 rings (SSSR count). The SMILES string of the molecule is Nc1nccn2c(C3CCC(CNC(=O)c4ccc5ccccc5n4)CC3)nc(-c3cc4ccccc4[nH]3)c12. The summed E-state index contributed by atoms with van der Waals surface area (Å²) in [5, 5.41) is 5.28. The van der Waals surface area contributed by atoms with Gasteiger partial charge in [-0.25, -0.2) is 15.0 Å². The highest BCUT2D eigenvalue weighted by molar-refractivity contribution is 5.95. The van der Waals surface area contributed by atoms with Crippen molar-refractivity contribution in [1.29, 1.82) is 0 Å². The van der Waals surface area contributed by atoms with E-state index in [0.29, 0.717) is 29.9 Å². The summed E-state index contributed by atoms with van der Waals surface area (Å²) in [5.74, 6) is 2.12. The predicted molar refractivity (Wildman–Crippen MR) is 153 cm³/mol. The van der Waals surface area contributed by atoms with E-state index in [-0.39, 0.29) is 5.91 Å². The lowest BCUT2D eigenvalue weighted by Gasteiger charge is -2.28. The van der Waals surface area contributed by atoms with Gasteiger partial charge in [-0.2, -0.15) is 0 Å². The molecular weight excluding hydrogens is 486 g/mol. The second-order valence-electron chi connectivity index (χ2n) is 10.4. The average molecular weight is 516 g/mol. The van der Waals surface area contributed by atoms with Crippen molar-refractivity contribution in [3.63, 3.8) is 0 Å². The van der Waals surface area contributed by atoms with E-state index < -0.39 is 0 Å². The number of rotatable bonds is 5. The maximum atomic E-state index is 12.8. The number of nitrogen functional groups attached to an aromatic ring is 1. The molecule has 0 spiro atoms. The van der Waals surface area contributed by atoms with Gasteiger partial charge >= 0.3 is 0 Å². The summed E-state index contributed by atoms with van der Waals surface area (Å²) in [7, 11) is 0. The van der Waals surface area contributed by atoms with Crippen LogP contribution in [0.25, 0.3) is 38.7 Å². The number of aromatic nitrogens is 5. The molecule has 0 radical (unpaired) electrons. The van der Waals surface area contributed by atoms with Crippen LogP contribution in [0.3, 0.4) is 0 Å². The Bertz CT molecular complexity index is 1790. The molecule has 39 heavy (non-hydrogen) atoms. The van der Waals surface area contributed by atoms with Gasteiger partial charge < -0.3 is 16.0 Å². The van der Waals surface area contributed by atoms with E-state index in [4.69, 9.17) is 10.7 Å². The lowest BCUT2D eigenvalue weighted by Crippen LogP contribution is -2.31. The number of H-pyrrole nitrogens is 1. The number of anilines is 1. The molecule has 1 aliphatic carbocycles. The first kappa shape index (κ1) is 23.4. The second kappa shape index (κ2) is 9.54. The summed E-state index contributed by atoms with van der Waals surface area (Å²) in [5.41, 5.74) is 11.4. The molecule has 4 N–H and O–H groups in total. The predicted octanol–water partition coefficient (Wildman–Crippen LogP) is 5.71. The molecule has 1 saturated carbocycles. The zero-order chi connectivity index (χ0) is 26.3. The van der Waals surface area contributed by atoms with Gasteiger partial charge in [0.2, 0.25) is 0 Å². The number of nitrogens with one attached hydrogen (secondary N) is 2. The summed E-state index contributed by atoms with van der Waals surface area (Å²) < 4.78 is 2.11. The quantitative estimate of drug-likeness (QED) is 0.272. The summed E-state index contributed by atoms with van der Waals surface area (Å²) in [6.45, 7) is 0.652. The molecule has 1 aliphatic rings. The Kier molecular flexibility index (Phi) is 5.73. The number of imidazole rings is 1. The first-order chi connectivity index (χ1) is 19.1. The standard InChI is InChI=1S/C31H29N7O/c32-29-28-27(26-17-22-6-2-4-8-24(22)36-26)37-30(38(28)16-15-33-29)21-11-9-19(10-12-21)18-34-31(39)25-14-13-20-5-1-3-7-23(20)35-25/h1-8,13-17,19,21,36H,9-12,18H2,(H2,32,33)(H,34,39). The van der Waals surface area contributed by atoms with Crippen LogP contribution in [-0.2, 0) is 0 Å². The van der Waals surface area contributed by atoms with Crippen LogP contribution < -0.4 is 11.1 Å². The number of aromatic amines is 1. The van der Waals surface area contributed by atoms with Crippen LogP contribution in [0.1, 0.15) is 47.9 Å². The van der Waals surface area contributed by atoms with Gasteiger partial charge in [0.05, 0.1) is 11.2 Å². The number of carbonyl (C=O) groups excluding carboxylic acids is 1. The topological polar surface area (TPSA) is 114 Å². The van der Waals surface area contributed by atoms with Gasteiger partial charge in [-0.3, -0.25) is 9.20 Å². The van der Waals surface area contributed by atoms with Gasteiger partial charge in [0.15, 0.2) is 0 Å². The van der Waals surface area contributed by atoms with Crippen molar-refractivity contribution in [1.82, 2.24) is 29.7 Å². The Balaban J connectivity index is 1.07. The van der Waals surface area contributed by atoms with Crippen LogP contribution in [0.5, 0.6) is 0 Å². The number of hydrogen-bond acceptors (Lipinski definition) is 5. The maximum Gasteiger partial charge on any atom is 0.269 e. The number of carbonyl (C=O) groups is 1. The van der Waals surface area contributed by atoms with Gasteiger partial charge in [-0.15, -0.1) is 0 Å². The van der Waals surface area contributed by atoms with Crippen LogP contribution in [0.2, 0.25) is 0 Å². The molecule has 194 valence electrons. The zero-order valence-electron chi connectivity index (χ0n) is 21.5. The Morgan fingerprint density at radius 3 is 2.62 bits per heavy atom. The number of amides is 1. The minimum absolute atomic E-state index is 0.118. The molecule has 1 fully saturated rings. The van der Waals surface area contributed by atoms with Crippen LogP contribution in [0.15, 0.2) is 79.1 Å². The average Bonchev–Trinajstić information content (AvgIpc) is 3.59. The molecule has 8 nitrogen and oxygen atoms in total. The number of fused-ring (bicyclic) bond motifs is 3. The summed E-state index contributed by atoms with van der Waals surface area (Å²) in [6, 6.07) is 21.9. The number of nitrogens with zero attached hydrogens (tertiary/aromatic N) is 4. The smallest absolute Gasteiger partial charge is 0.269 e. The lowest BCUT2D eigenvalue weighted by atomic mass is 9.81. The van der Waals surface area contributed by atoms with E-state index in [9.17, 15) is 4.79 Å². The molecular formula is C31H29N7O. The fraction of sp³-hybridized carbons (Fsp3) is 0.226. The zero-order valence-corrected chi connectivity index (χ0v) is 21.5. The van der Waals surface area contributed by atoms with Crippen molar-refractivity contribution in [3.8, 4) is 11.4 Å². The normalized spacial score (nSPS) is 17.6. The lowest BCUT2D eigenvalue weighted by molar-refractivity contribution is 0.0938. The second-order valence-corrected chi connectivity index (χ2v) is 10.4. The van der Waals surface area contributed by atoms with Gasteiger partial charge in [0.25, 0.3) is 5.91 Å². The van der Waals surface area contributed by atoms with Gasteiger partial charge in [-0.05, 0) is 55.9 Å². The summed E-state index contributed by atoms with van der Waals surface area (Å²) >= 11 is 0. The van der Waals surface area contributed by atoms with Crippen molar-refractivity contribution in [2.75, 3.05) is 12.3 Å². The van der Waals surface area contributed by atoms with E-state index in [1.54, 1.807) is 12.3 Å². The van der Waals surface area contributed by atoms with E-state index >= 15 is 0 Å². The molecule has 4 heterocycles. The van der Waals surface area contributed by atoms with Crippen molar-refractivity contribution in [2.24, 2.45) is 5.92 Å². The molecule has 0 atom stereocenters. The van der Waals surface area contributed by atoms with Crippen LogP contribution in [0.4, 0.5) is 5.82 Å². The minimum Gasteiger partial charge on any atom is -0.382 e. The third-order valence-corrected chi connectivity index (χ3v) is 7.99. The van der Waals surface area contributed by atoms with E-state index in [1.165, 1.54) is 0 Å². The van der Waals surface area contributed by atoms with Crippen LogP contribution in [-0.4, -0.2) is 36.8 Å². The molecule has 0 aliphatic heterocycles. The van der Waals surface area contributed by atoms with Crippen LogP contribution in [0, 0.1) is 5.92 Å². The van der Waals surface area contributed by atoms with E-state index in [2.05, 4.69) is 42.9 Å². The molecule has 0 unspecified atom stereocenters. The number of pyridine rings is 1. The molecule has 0 saturated heterocycles. The number of benzene rings is 2. The first-order valence-electron chi connectivity index (χ1n) is 13.5. The Morgan fingerprint density at radius 1 is 0.974 bits per heavy atom. The highest BCUT2D eigenvalue weighted by Gasteiger charge is 2.28. The number of hydrogen-bond donors (Lipinski definition) is 3. The molecule has 1 amide bonds. The molecule has 4 aromatic heterocycles. The minimum atomic E-state index is -0.118. The molecule has 8 heteroatoms. The third-order valence-electron chi connectivity index (χ3n) is 7.99. The molecule has 6 aromatic rings. The molecule has 2 aromatic carbocycles. The van der Waals surface area contributed by atoms with Crippen molar-refractivity contribution in [2.45, 2.75) is 31.6 Å². The van der Waals surface area contributed by atoms with Crippen molar-refractivity contribution >= 4 is 39.0 Å². The Morgan fingerprint density at radius 2 is 1.77 bits per heavy atom. The highest BCUT2D eigenvalue weighted by Crippen LogP contribution is 2.38. The van der Waals surface area contributed by atoms with E-state index in [0.717, 1.165) is 70.2 Å². The van der Waals surface area contributed by atoms with Gasteiger partial charge in [-0.1, -0.05) is 42.5 Å². The summed E-state index contributed by atoms with van der Waals surface area (Å²) in [4.78, 5) is 30.3. The van der Waals surface area contributed by atoms with Gasteiger partial charge in [0.1, 0.15) is 28.5 Å². The van der Waals surface area contributed by atoms with E-state index in [1.807, 2.05) is 48.7 Å². The van der Waals surface area contributed by atoms with Crippen molar-refractivity contribution < 1.29 is 4.79 Å². The fourth-order valence-electron chi connectivity index (χ4n) is 5.91. The first-order valence-corrected chi connectivity index (χ1v) is 13.5. The maximum absolute atomic E-state index is 12.8. The monoisotopic (exact) mass is 515 g/mol. The van der Waals surface area contributed by atoms with Gasteiger partial charge in [0, 0.05) is 41.1 Å². The third kappa shape index (κ3) is 4.27. The Labute approximate surface area is 225 Å². The number of nitrogens with two attached hydrogens (primary N) is 1. The Hall–Kier alpha value is -4.72. The largest absolute Gasteiger partial charge is 0.382 e. The summed E-state index contributed by atoms with van der Waals surface area (Å²) in [6.07, 6.45) is 7.75. The molecule has 0 bridgehead atoms.